The van der Waals surface area contributed by atoms with Crippen LogP contribution in [0.25, 0.3) is 0 Å². The van der Waals surface area contributed by atoms with Gasteiger partial charge in [0.25, 0.3) is 5.91 Å². The van der Waals surface area contributed by atoms with E-state index in [4.69, 9.17) is 9.84 Å². The third-order valence-corrected chi connectivity index (χ3v) is 2.54. The number of hydrogen-bond donors (Lipinski definition) is 2. The van der Waals surface area contributed by atoms with Crippen molar-refractivity contribution >= 4 is 11.9 Å². The first-order valence-electron chi connectivity index (χ1n) is 5.81. The number of carboxylic acids is 1. The predicted molar refractivity (Wildman–Crippen MR) is 66.9 cm³/mol. The van der Waals surface area contributed by atoms with Gasteiger partial charge in [-0.15, -0.1) is 0 Å². The Balaban J connectivity index is 2.76. The zero-order chi connectivity index (χ0) is 14.4. The minimum absolute atomic E-state index is 0.0708. The van der Waals surface area contributed by atoms with E-state index in [1.807, 2.05) is 13.8 Å². The molecule has 104 valence electrons. The number of methoxy groups -OCH3 is 1. The molecule has 0 spiro atoms. The van der Waals surface area contributed by atoms with E-state index in [2.05, 4.69) is 15.3 Å². The Bertz CT molecular complexity index is 462. The van der Waals surface area contributed by atoms with Crippen LogP contribution in [0.5, 0.6) is 0 Å². The van der Waals surface area contributed by atoms with Gasteiger partial charge in [-0.25, -0.2) is 14.8 Å². The molecule has 7 nitrogen and oxygen atoms in total. The van der Waals surface area contributed by atoms with Crippen LogP contribution in [-0.4, -0.2) is 46.7 Å². The van der Waals surface area contributed by atoms with Gasteiger partial charge in [0, 0.05) is 13.3 Å². The minimum Gasteiger partial charge on any atom is -0.479 e. The molecule has 19 heavy (non-hydrogen) atoms. The van der Waals surface area contributed by atoms with Crippen LogP contribution >= 0.6 is 0 Å². The molecule has 1 rings (SSSR count). The standard InChI is InChI=1S/C12H17N3O4/c1-7(2)10-8(4-13-6-15-10)11(16)14-5-9(19-3)12(17)18/h4,6-7,9H,5H2,1-3H3,(H,14,16)(H,17,18). The molecule has 0 aromatic carbocycles. The second-order valence-corrected chi connectivity index (χ2v) is 4.25. The van der Waals surface area contributed by atoms with Crippen molar-refractivity contribution in [3.05, 3.63) is 23.8 Å². The van der Waals surface area contributed by atoms with E-state index in [1.54, 1.807) is 0 Å². The highest BCUT2D eigenvalue weighted by molar-refractivity contribution is 5.95. The van der Waals surface area contributed by atoms with Gasteiger partial charge in [-0.05, 0) is 5.92 Å². The maximum atomic E-state index is 12.0. The zero-order valence-corrected chi connectivity index (χ0v) is 11.1. The molecule has 0 aliphatic carbocycles. The number of nitrogens with one attached hydrogen (secondary N) is 1. The number of amides is 1. The third kappa shape index (κ3) is 3.99. The van der Waals surface area contributed by atoms with Crippen LogP contribution in [0.4, 0.5) is 0 Å². The molecule has 0 bridgehead atoms. The number of aliphatic carboxylic acids is 1. The van der Waals surface area contributed by atoms with Gasteiger partial charge in [-0.1, -0.05) is 13.8 Å². The lowest BCUT2D eigenvalue weighted by molar-refractivity contribution is -0.148. The molecular formula is C12H17N3O4. The summed E-state index contributed by atoms with van der Waals surface area (Å²) in [5, 5.41) is 11.3. The number of carboxylic acid groups (broad SMARTS) is 1. The fourth-order valence-corrected chi connectivity index (χ4v) is 1.53. The molecule has 0 radical (unpaired) electrons. The molecule has 0 saturated carbocycles. The van der Waals surface area contributed by atoms with Crippen molar-refractivity contribution in [1.29, 1.82) is 0 Å². The van der Waals surface area contributed by atoms with E-state index in [-0.39, 0.29) is 12.5 Å². The molecule has 1 heterocycles. The van der Waals surface area contributed by atoms with Crippen molar-refractivity contribution < 1.29 is 19.4 Å². The molecule has 7 heteroatoms. The van der Waals surface area contributed by atoms with Crippen LogP contribution < -0.4 is 5.32 Å². The summed E-state index contributed by atoms with van der Waals surface area (Å²) in [5.74, 6) is -1.47. The number of hydrogen-bond acceptors (Lipinski definition) is 5. The van der Waals surface area contributed by atoms with Gasteiger partial charge < -0.3 is 15.2 Å². The fourth-order valence-electron chi connectivity index (χ4n) is 1.53. The molecule has 0 aliphatic rings. The zero-order valence-electron chi connectivity index (χ0n) is 11.1. The van der Waals surface area contributed by atoms with Gasteiger partial charge in [0.2, 0.25) is 0 Å². The van der Waals surface area contributed by atoms with Crippen molar-refractivity contribution in [2.45, 2.75) is 25.9 Å². The highest BCUT2D eigenvalue weighted by Gasteiger charge is 2.20. The summed E-state index contributed by atoms with van der Waals surface area (Å²) in [7, 11) is 1.27. The van der Waals surface area contributed by atoms with Crippen LogP contribution in [0.1, 0.15) is 35.8 Å². The van der Waals surface area contributed by atoms with Crippen LogP contribution in [0.2, 0.25) is 0 Å². The number of ether oxygens (including phenoxy) is 1. The lowest BCUT2D eigenvalue weighted by Crippen LogP contribution is -2.38. The first-order chi connectivity index (χ1) is 8.97. The molecule has 1 unspecified atom stereocenters. The molecule has 2 N–H and O–H groups in total. The largest absolute Gasteiger partial charge is 0.479 e. The molecule has 0 aliphatic heterocycles. The average Bonchev–Trinajstić information content (AvgIpc) is 2.38. The summed E-state index contributed by atoms with van der Waals surface area (Å²) >= 11 is 0. The van der Waals surface area contributed by atoms with E-state index in [0.717, 1.165) is 0 Å². The lowest BCUT2D eigenvalue weighted by Gasteiger charge is -2.13. The third-order valence-electron chi connectivity index (χ3n) is 2.54. The van der Waals surface area contributed by atoms with Crippen molar-refractivity contribution in [3.8, 4) is 0 Å². The lowest BCUT2D eigenvalue weighted by atomic mass is 10.0. The number of aromatic nitrogens is 2. The Morgan fingerprint density at radius 1 is 1.47 bits per heavy atom. The quantitative estimate of drug-likeness (QED) is 0.775. The van der Waals surface area contributed by atoms with Gasteiger partial charge in [0.1, 0.15) is 6.33 Å². The molecule has 1 aromatic rings. The predicted octanol–water partition coefficient (Wildman–Crippen LogP) is 0.429. The molecule has 1 aromatic heterocycles. The average molecular weight is 267 g/mol. The van der Waals surface area contributed by atoms with E-state index in [1.165, 1.54) is 19.6 Å². The number of carbonyl (C=O) groups is 2. The van der Waals surface area contributed by atoms with Gasteiger partial charge in [-0.2, -0.15) is 0 Å². The van der Waals surface area contributed by atoms with Gasteiger partial charge in [-0.3, -0.25) is 4.79 Å². The number of nitrogens with zero attached hydrogens (tertiary/aromatic N) is 2. The van der Waals surface area contributed by atoms with Crippen LogP contribution in [0, 0.1) is 0 Å². The van der Waals surface area contributed by atoms with Crippen molar-refractivity contribution in [3.63, 3.8) is 0 Å². The number of rotatable bonds is 6. The van der Waals surface area contributed by atoms with E-state index in [0.29, 0.717) is 11.3 Å². The smallest absolute Gasteiger partial charge is 0.334 e. The van der Waals surface area contributed by atoms with Gasteiger partial charge in [0.15, 0.2) is 6.10 Å². The summed E-state index contributed by atoms with van der Waals surface area (Å²) in [5.41, 5.74) is 0.967. The Morgan fingerprint density at radius 3 is 2.68 bits per heavy atom. The van der Waals surface area contributed by atoms with Gasteiger partial charge in [0.05, 0.1) is 17.8 Å². The van der Waals surface area contributed by atoms with Crippen molar-refractivity contribution in [2.24, 2.45) is 0 Å². The summed E-state index contributed by atoms with van der Waals surface area (Å²) < 4.78 is 4.73. The first-order valence-corrected chi connectivity index (χ1v) is 5.81. The second kappa shape index (κ2) is 6.79. The SMILES string of the molecule is COC(CNC(=O)c1cncnc1C(C)C)C(=O)O. The summed E-state index contributed by atoms with van der Waals surface area (Å²) in [6.07, 6.45) is 1.72. The molecule has 1 amide bonds. The molecule has 0 saturated heterocycles. The first kappa shape index (κ1) is 15.0. The summed E-state index contributed by atoms with van der Waals surface area (Å²) in [6.45, 7) is 3.71. The fraction of sp³-hybridized carbons (Fsp3) is 0.500. The summed E-state index contributed by atoms with van der Waals surface area (Å²) in [6, 6.07) is 0. The van der Waals surface area contributed by atoms with Crippen LogP contribution in [-0.2, 0) is 9.53 Å². The van der Waals surface area contributed by atoms with E-state index < -0.39 is 18.0 Å². The maximum absolute atomic E-state index is 12.0. The van der Waals surface area contributed by atoms with E-state index >= 15 is 0 Å². The molecular weight excluding hydrogens is 250 g/mol. The highest BCUT2D eigenvalue weighted by atomic mass is 16.5. The van der Waals surface area contributed by atoms with Crippen molar-refractivity contribution in [2.75, 3.05) is 13.7 Å². The minimum atomic E-state index is -1.13. The Hall–Kier alpha value is -2.02. The Kier molecular flexibility index (Phi) is 5.37. The van der Waals surface area contributed by atoms with Crippen LogP contribution in [0.15, 0.2) is 12.5 Å². The van der Waals surface area contributed by atoms with E-state index in [9.17, 15) is 9.59 Å². The van der Waals surface area contributed by atoms with Crippen LogP contribution in [0.3, 0.4) is 0 Å². The molecule has 1 atom stereocenters. The monoisotopic (exact) mass is 267 g/mol. The summed E-state index contributed by atoms with van der Waals surface area (Å²) in [4.78, 5) is 30.6. The Morgan fingerprint density at radius 2 is 2.16 bits per heavy atom. The maximum Gasteiger partial charge on any atom is 0.334 e. The van der Waals surface area contributed by atoms with Gasteiger partial charge >= 0.3 is 5.97 Å². The number of carbonyl (C=O) groups excluding carboxylic acids is 1. The highest BCUT2D eigenvalue weighted by Crippen LogP contribution is 2.15. The molecule has 0 fully saturated rings. The topological polar surface area (TPSA) is 101 Å². The Labute approximate surface area is 111 Å². The van der Waals surface area contributed by atoms with Crippen molar-refractivity contribution in [1.82, 2.24) is 15.3 Å². The normalized spacial score (nSPS) is 12.2. The second-order valence-electron chi connectivity index (χ2n) is 4.25.